The normalized spacial score (nSPS) is 29.8. The lowest BCUT2D eigenvalue weighted by Gasteiger charge is -2.36. The number of carboxylic acid groups (broad SMARTS) is 1. The number of hydrogen-bond donors (Lipinski definition) is 3. The Hall–Kier alpha value is -1.34. The SMILES string of the molecule is CC1CN(C(=O)NC2(C(=O)O)CC2)CC(CO)O1. The van der Waals surface area contributed by atoms with E-state index in [1.54, 1.807) is 0 Å². The van der Waals surface area contributed by atoms with Crippen LogP contribution in [-0.4, -0.2) is 64.6 Å². The average Bonchev–Trinajstić information content (AvgIpc) is 3.09. The summed E-state index contributed by atoms with van der Waals surface area (Å²) in [6.07, 6.45) is 0.371. The van der Waals surface area contributed by atoms with Crippen molar-refractivity contribution in [2.45, 2.75) is 37.5 Å². The Bertz CT molecular complexity index is 355. The van der Waals surface area contributed by atoms with Gasteiger partial charge in [0.15, 0.2) is 0 Å². The Labute approximate surface area is 105 Å². The number of carbonyl (C=O) groups is 2. The molecule has 102 valence electrons. The third kappa shape index (κ3) is 2.56. The molecule has 2 amide bonds. The van der Waals surface area contributed by atoms with Crippen LogP contribution >= 0.6 is 0 Å². The highest BCUT2D eigenvalue weighted by molar-refractivity contribution is 5.89. The summed E-state index contributed by atoms with van der Waals surface area (Å²) in [5, 5.41) is 20.6. The maximum atomic E-state index is 12.0. The predicted molar refractivity (Wildman–Crippen MR) is 61.1 cm³/mol. The molecule has 0 aromatic heterocycles. The number of aliphatic hydroxyl groups is 1. The van der Waals surface area contributed by atoms with Crippen LogP contribution in [0.5, 0.6) is 0 Å². The summed E-state index contributed by atoms with van der Waals surface area (Å²) >= 11 is 0. The Morgan fingerprint density at radius 2 is 2.11 bits per heavy atom. The van der Waals surface area contributed by atoms with Gasteiger partial charge in [0.25, 0.3) is 0 Å². The van der Waals surface area contributed by atoms with Crippen molar-refractivity contribution in [3.05, 3.63) is 0 Å². The van der Waals surface area contributed by atoms with Gasteiger partial charge in [0.2, 0.25) is 0 Å². The van der Waals surface area contributed by atoms with Crippen LogP contribution in [0.1, 0.15) is 19.8 Å². The summed E-state index contributed by atoms with van der Waals surface area (Å²) < 4.78 is 5.42. The van der Waals surface area contributed by atoms with Crippen LogP contribution in [-0.2, 0) is 9.53 Å². The van der Waals surface area contributed by atoms with E-state index in [9.17, 15) is 9.59 Å². The van der Waals surface area contributed by atoms with Crippen LogP contribution in [0.2, 0.25) is 0 Å². The fourth-order valence-corrected chi connectivity index (χ4v) is 2.11. The van der Waals surface area contributed by atoms with Crippen molar-refractivity contribution in [1.82, 2.24) is 10.2 Å². The standard InChI is InChI=1S/C11H18N2O5/c1-7-4-13(5-8(6-14)18-7)10(17)12-11(2-3-11)9(15)16/h7-8,14H,2-6H2,1H3,(H,12,17)(H,15,16). The largest absolute Gasteiger partial charge is 0.480 e. The molecule has 0 radical (unpaired) electrons. The van der Waals surface area contributed by atoms with Gasteiger partial charge in [-0.15, -0.1) is 0 Å². The first-order chi connectivity index (χ1) is 8.47. The zero-order valence-corrected chi connectivity index (χ0v) is 10.3. The Morgan fingerprint density at radius 3 is 2.61 bits per heavy atom. The Morgan fingerprint density at radius 1 is 1.44 bits per heavy atom. The van der Waals surface area contributed by atoms with Gasteiger partial charge in [0.1, 0.15) is 5.54 Å². The number of rotatable bonds is 3. The lowest BCUT2D eigenvalue weighted by molar-refractivity contribution is -0.140. The molecular formula is C11H18N2O5. The number of carbonyl (C=O) groups excluding carboxylic acids is 1. The molecule has 2 unspecified atom stereocenters. The molecule has 7 heteroatoms. The van der Waals surface area contributed by atoms with Gasteiger partial charge >= 0.3 is 12.0 Å². The van der Waals surface area contributed by atoms with E-state index >= 15 is 0 Å². The fourth-order valence-electron chi connectivity index (χ4n) is 2.11. The molecule has 0 bridgehead atoms. The first kappa shape index (κ1) is 13.1. The van der Waals surface area contributed by atoms with E-state index in [0.29, 0.717) is 19.4 Å². The third-order valence-corrected chi connectivity index (χ3v) is 3.32. The summed E-state index contributed by atoms with van der Waals surface area (Å²) in [7, 11) is 0. The highest BCUT2D eigenvalue weighted by Gasteiger charge is 2.52. The number of amides is 2. The topological polar surface area (TPSA) is 99.1 Å². The summed E-state index contributed by atoms with van der Waals surface area (Å²) in [6.45, 7) is 2.34. The predicted octanol–water partition coefficient (Wildman–Crippen LogP) is -0.605. The summed E-state index contributed by atoms with van der Waals surface area (Å²) in [6, 6.07) is -0.400. The zero-order valence-electron chi connectivity index (χ0n) is 10.3. The number of aliphatic carboxylic acids is 1. The Balaban J connectivity index is 1.94. The lowest BCUT2D eigenvalue weighted by atomic mass is 10.2. The first-order valence-electron chi connectivity index (χ1n) is 6.03. The van der Waals surface area contributed by atoms with Gasteiger partial charge in [0, 0.05) is 6.54 Å². The van der Waals surface area contributed by atoms with E-state index in [0.717, 1.165) is 0 Å². The van der Waals surface area contributed by atoms with Crippen molar-refractivity contribution >= 4 is 12.0 Å². The monoisotopic (exact) mass is 258 g/mol. The van der Waals surface area contributed by atoms with Gasteiger partial charge in [-0.25, -0.2) is 9.59 Å². The maximum Gasteiger partial charge on any atom is 0.329 e. The van der Waals surface area contributed by atoms with E-state index in [1.807, 2.05) is 6.92 Å². The molecule has 2 aliphatic rings. The van der Waals surface area contributed by atoms with E-state index < -0.39 is 23.6 Å². The van der Waals surface area contributed by atoms with Gasteiger partial charge in [-0.05, 0) is 19.8 Å². The highest BCUT2D eigenvalue weighted by atomic mass is 16.5. The molecule has 1 aliphatic carbocycles. The van der Waals surface area contributed by atoms with Crippen LogP contribution in [0.3, 0.4) is 0 Å². The average molecular weight is 258 g/mol. The molecule has 0 spiro atoms. The van der Waals surface area contributed by atoms with Crippen molar-refractivity contribution in [2.75, 3.05) is 19.7 Å². The van der Waals surface area contributed by atoms with Gasteiger partial charge in [0.05, 0.1) is 25.4 Å². The molecule has 1 saturated carbocycles. The second-order valence-electron chi connectivity index (χ2n) is 4.97. The number of hydrogen-bond acceptors (Lipinski definition) is 4. The molecule has 1 heterocycles. The van der Waals surface area contributed by atoms with E-state index in [4.69, 9.17) is 14.9 Å². The Kier molecular flexibility index (Phi) is 3.45. The molecule has 1 aliphatic heterocycles. The molecule has 1 saturated heterocycles. The summed E-state index contributed by atoms with van der Waals surface area (Å²) in [4.78, 5) is 24.5. The second-order valence-corrected chi connectivity index (χ2v) is 4.97. The van der Waals surface area contributed by atoms with Crippen molar-refractivity contribution in [2.24, 2.45) is 0 Å². The molecule has 2 fully saturated rings. The fraction of sp³-hybridized carbons (Fsp3) is 0.818. The lowest BCUT2D eigenvalue weighted by Crippen LogP contribution is -2.56. The van der Waals surface area contributed by atoms with Crippen molar-refractivity contribution in [3.63, 3.8) is 0 Å². The molecule has 0 aromatic rings. The first-order valence-corrected chi connectivity index (χ1v) is 6.03. The third-order valence-electron chi connectivity index (χ3n) is 3.32. The molecule has 2 atom stereocenters. The maximum absolute atomic E-state index is 12.0. The van der Waals surface area contributed by atoms with Crippen LogP contribution in [0.15, 0.2) is 0 Å². The quantitative estimate of drug-likeness (QED) is 0.627. The van der Waals surface area contributed by atoms with Crippen molar-refractivity contribution in [3.8, 4) is 0 Å². The number of ether oxygens (including phenoxy) is 1. The minimum absolute atomic E-state index is 0.155. The number of nitrogens with zero attached hydrogens (tertiary/aromatic N) is 1. The minimum atomic E-state index is -1.08. The highest BCUT2D eigenvalue weighted by Crippen LogP contribution is 2.35. The second kappa shape index (κ2) is 4.74. The van der Waals surface area contributed by atoms with Gasteiger partial charge in [-0.2, -0.15) is 0 Å². The molecule has 2 rings (SSSR count). The number of morpholine rings is 1. The molecule has 3 N–H and O–H groups in total. The van der Waals surface area contributed by atoms with Crippen molar-refractivity contribution in [1.29, 1.82) is 0 Å². The van der Waals surface area contributed by atoms with E-state index in [2.05, 4.69) is 5.32 Å². The van der Waals surface area contributed by atoms with E-state index in [-0.39, 0.29) is 19.3 Å². The molecule has 0 aromatic carbocycles. The van der Waals surface area contributed by atoms with Crippen LogP contribution in [0, 0.1) is 0 Å². The number of nitrogens with one attached hydrogen (secondary N) is 1. The summed E-state index contributed by atoms with van der Waals surface area (Å²) in [5.74, 6) is -0.990. The van der Waals surface area contributed by atoms with Gasteiger partial charge < -0.3 is 25.2 Å². The molecule has 7 nitrogen and oxygen atoms in total. The van der Waals surface area contributed by atoms with E-state index in [1.165, 1.54) is 4.90 Å². The minimum Gasteiger partial charge on any atom is -0.480 e. The molecular weight excluding hydrogens is 240 g/mol. The summed E-state index contributed by atoms with van der Waals surface area (Å²) in [5.41, 5.74) is -1.08. The van der Waals surface area contributed by atoms with Gasteiger partial charge in [-0.1, -0.05) is 0 Å². The number of aliphatic hydroxyl groups excluding tert-OH is 1. The zero-order chi connectivity index (χ0) is 13.3. The van der Waals surface area contributed by atoms with Crippen LogP contribution in [0.4, 0.5) is 4.79 Å². The van der Waals surface area contributed by atoms with Crippen LogP contribution in [0.25, 0.3) is 0 Å². The number of urea groups is 1. The van der Waals surface area contributed by atoms with Crippen LogP contribution < -0.4 is 5.32 Å². The van der Waals surface area contributed by atoms with Gasteiger partial charge in [-0.3, -0.25) is 0 Å². The number of carboxylic acids is 1. The molecule has 18 heavy (non-hydrogen) atoms. The van der Waals surface area contributed by atoms with Crippen molar-refractivity contribution < 1.29 is 24.5 Å². The smallest absolute Gasteiger partial charge is 0.329 e.